The first-order valence-corrected chi connectivity index (χ1v) is 6.14. The van der Waals surface area contributed by atoms with Gasteiger partial charge in [-0.05, 0) is 37.3 Å². The Hall–Kier alpha value is -1.94. The summed E-state index contributed by atoms with van der Waals surface area (Å²) in [6.45, 7) is 2.07. The predicted octanol–water partition coefficient (Wildman–Crippen LogP) is 3.49. The van der Waals surface area contributed by atoms with Crippen molar-refractivity contribution in [3.05, 3.63) is 35.2 Å². The SMILES string of the molecule is Cc1ccc(-c2cc3c(N)ccc(O)c3[nH]2)s1. The van der Waals surface area contributed by atoms with Crippen LogP contribution in [0, 0.1) is 6.92 Å². The second-order valence-corrected chi connectivity index (χ2v) is 5.34. The molecule has 0 bridgehead atoms. The van der Waals surface area contributed by atoms with Crippen molar-refractivity contribution in [2.75, 3.05) is 5.73 Å². The summed E-state index contributed by atoms with van der Waals surface area (Å²) < 4.78 is 0. The molecule has 0 aliphatic carbocycles. The van der Waals surface area contributed by atoms with E-state index in [-0.39, 0.29) is 5.75 Å². The number of nitrogens with one attached hydrogen (secondary N) is 1. The monoisotopic (exact) mass is 244 g/mol. The second kappa shape index (κ2) is 3.53. The van der Waals surface area contributed by atoms with Crippen molar-refractivity contribution in [2.24, 2.45) is 0 Å². The Kier molecular flexibility index (Phi) is 2.12. The van der Waals surface area contributed by atoms with E-state index in [9.17, 15) is 5.11 Å². The van der Waals surface area contributed by atoms with Crippen LogP contribution in [0.15, 0.2) is 30.3 Å². The van der Waals surface area contributed by atoms with E-state index in [1.165, 1.54) is 4.88 Å². The maximum absolute atomic E-state index is 9.78. The van der Waals surface area contributed by atoms with E-state index in [4.69, 9.17) is 5.73 Å². The van der Waals surface area contributed by atoms with E-state index in [0.29, 0.717) is 11.2 Å². The van der Waals surface area contributed by atoms with Crippen LogP contribution in [0.25, 0.3) is 21.5 Å². The highest BCUT2D eigenvalue weighted by atomic mass is 32.1. The zero-order valence-electron chi connectivity index (χ0n) is 9.32. The highest BCUT2D eigenvalue weighted by molar-refractivity contribution is 7.15. The molecule has 4 N–H and O–H groups in total. The number of thiophene rings is 1. The van der Waals surface area contributed by atoms with E-state index in [0.717, 1.165) is 16.0 Å². The van der Waals surface area contributed by atoms with E-state index in [2.05, 4.69) is 24.0 Å². The number of H-pyrrole nitrogens is 1. The second-order valence-electron chi connectivity index (χ2n) is 4.06. The molecule has 0 unspecified atom stereocenters. The van der Waals surface area contributed by atoms with E-state index < -0.39 is 0 Å². The van der Waals surface area contributed by atoms with Gasteiger partial charge in [-0.1, -0.05) is 0 Å². The molecule has 2 aromatic heterocycles. The van der Waals surface area contributed by atoms with Crippen LogP contribution in [-0.4, -0.2) is 10.1 Å². The van der Waals surface area contributed by atoms with Crippen molar-refractivity contribution < 1.29 is 5.11 Å². The molecule has 2 heterocycles. The Bertz CT molecular complexity index is 658. The average molecular weight is 244 g/mol. The van der Waals surface area contributed by atoms with E-state index in [1.54, 1.807) is 23.5 Å². The van der Waals surface area contributed by atoms with Gasteiger partial charge in [0.25, 0.3) is 0 Å². The van der Waals surface area contributed by atoms with Gasteiger partial charge in [0.2, 0.25) is 0 Å². The van der Waals surface area contributed by atoms with Crippen LogP contribution >= 0.6 is 11.3 Å². The summed E-state index contributed by atoms with van der Waals surface area (Å²) in [5, 5.41) is 10.6. The smallest absolute Gasteiger partial charge is 0.139 e. The highest BCUT2D eigenvalue weighted by Crippen LogP contribution is 2.35. The Morgan fingerprint density at radius 3 is 2.71 bits per heavy atom. The normalized spacial score (nSPS) is 11.1. The number of nitrogen functional groups attached to an aromatic ring is 1. The van der Waals surface area contributed by atoms with Crippen molar-refractivity contribution >= 4 is 27.9 Å². The number of hydrogen-bond acceptors (Lipinski definition) is 3. The summed E-state index contributed by atoms with van der Waals surface area (Å²) in [7, 11) is 0. The molecule has 3 rings (SSSR count). The van der Waals surface area contributed by atoms with Crippen molar-refractivity contribution in [1.29, 1.82) is 0 Å². The number of phenolic OH excluding ortho intramolecular Hbond substituents is 1. The van der Waals surface area contributed by atoms with Gasteiger partial charge in [0, 0.05) is 16.0 Å². The number of phenols is 1. The Morgan fingerprint density at radius 1 is 1.24 bits per heavy atom. The maximum atomic E-state index is 9.78. The van der Waals surface area contributed by atoms with Crippen LogP contribution in [-0.2, 0) is 0 Å². The minimum atomic E-state index is 0.230. The first kappa shape index (κ1) is 10.2. The quantitative estimate of drug-likeness (QED) is 0.453. The molecule has 4 heteroatoms. The molecular formula is C13H12N2OS. The molecule has 0 aliphatic heterocycles. The summed E-state index contributed by atoms with van der Waals surface area (Å²) in [5.41, 5.74) is 8.26. The molecule has 3 nitrogen and oxygen atoms in total. The zero-order valence-corrected chi connectivity index (χ0v) is 10.1. The Labute approximate surface area is 103 Å². The maximum Gasteiger partial charge on any atom is 0.139 e. The lowest BCUT2D eigenvalue weighted by Crippen LogP contribution is -1.84. The van der Waals surface area contributed by atoms with E-state index in [1.807, 2.05) is 6.07 Å². The van der Waals surface area contributed by atoms with E-state index >= 15 is 0 Å². The Balaban J connectivity index is 2.26. The van der Waals surface area contributed by atoms with Gasteiger partial charge < -0.3 is 15.8 Å². The minimum absolute atomic E-state index is 0.230. The molecule has 0 radical (unpaired) electrons. The van der Waals surface area contributed by atoms with Crippen molar-refractivity contribution in [1.82, 2.24) is 4.98 Å². The number of fused-ring (bicyclic) bond motifs is 1. The number of aryl methyl sites for hydroxylation is 1. The number of aromatic amines is 1. The first-order chi connectivity index (χ1) is 8.15. The fraction of sp³-hybridized carbons (Fsp3) is 0.0769. The summed E-state index contributed by atoms with van der Waals surface area (Å²) in [6, 6.07) is 9.45. The number of aromatic nitrogens is 1. The Morgan fingerprint density at radius 2 is 2.06 bits per heavy atom. The summed E-state index contributed by atoms with van der Waals surface area (Å²) in [4.78, 5) is 5.63. The molecule has 0 saturated carbocycles. The van der Waals surface area contributed by atoms with Gasteiger partial charge >= 0.3 is 0 Å². The third kappa shape index (κ3) is 1.57. The highest BCUT2D eigenvalue weighted by Gasteiger charge is 2.10. The number of benzene rings is 1. The molecule has 0 amide bonds. The van der Waals surface area contributed by atoms with Crippen LogP contribution in [0.4, 0.5) is 5.69 Å². The number of anilines is 1. The largest absolute Gasteiger partial charge is 0.506 e. The molecule has 3 aromatic rings. The van der Waals surface area contributed by atoms with Crippen LogP contribution in [0.5, 0.6) is 5.75 Å². The van der Waals surface area contributed by atoms with Gasteiger partial charge in [-0.25, -0.2) is 0 Å². The molecule has 0 saturated heterocycles. The summed E-state index contributed by atoms with van der Waals surface area (Å²) in [5.74, 6) is 0.230. The number of hydrogen-bond donors (Lipinski definition) is 3. The van der Waals surface area contributed by atoms with Crippen molar-refractivity contribution in [2.45, 2.75) is 6.92 Å². The predicted molar refractivity (Wildman–Crippen MR) is 72.4 cm³/mol. The number of nitrogens with two attached hydrogens (primary N) is 1. The van der Waals surface area contributed by atoms with Crippen LogP contribution in [0.2, 0.25) is 0 Å². The standard InChI is InChI=1S/C13H12N2OS/c1-7-2-5-12(17-7)10-6-8-9(14)3-4-11(16)13(8)15-10/h2-6,15-16H,14H2,1H3. The zero-order chi connectivity index (χ0) is 12.0. The molecule has 0 aliphatic rings. The molecule has 0 atom stereocenters. The summed E-state index contributed by atoms with van der Waals surface area (Å²) >= 11 is 1.71. The molecule has 86 valence electrons. The third-order valence-electron chi connectivity index (χ3n) is 2.81. The average Bonchev–Trinajstić information content (AvgIpc) is 2.90. The number of rotatable bonds is 1. The minimum Gasteiger partial charge on any atom is -0.506 e. The molecule has 17 heavy (non-hydrogen) atoms. The van der Waals surface area contributed by atoms with Gasteiger partial charge in [0.1, 0.15) is 5.75 Å². The first-order valence-electron chi connectivity index (χ1n) is 5.32. The molecule has 0 fully saturated rings. The lowest BCUT2D eigenvalue weighted by Gasteiger charge is -1.97. The van der Waals surface area contributed by atoms with Crippen LogP contribution in [0.1, 0.15) is 4.88 Å². The van der Waals surface area contributed by atoms with Gasteiger partial charge in [-0.2, -0.15) is 0 Å². The summed E-state index contributed by atoms with van der Waals surface area (Å²) in [6.07, 6.45) is 0. The third-order valence-corrected chi connectivity index (χ3v) is 3.85. The van der Waals surface area contributed by atoms with Crippen molar-refractivity contribution in [3.63, 3.8) is 0 Å². The van der Waals surface area contributed by atoms with Crippen LogP contribution in [0.3, 0.4) is 0 Å². The van der Waals surface area contributed by atoms with Crippen LogP contribution < -0.4 is 5.73 Å². The van der Waals surface area contributed by atoms with Gasteiger partial charge in [-0.3, -0.25) is 0 Å². The topological polar surface area (TPSA) is 62.0 Å². The number of aromatic hydroxyl groups is 1. The lowest BCUT2D eigenvalue weighted by molar-refractivity contribution is 0.480. The molecular weight excluding hydrogens is 232 g/mol. The lowest BCUT2D eigenvalue weighted by atomic mass is 10.2. The van der Waals surface area contributed by atoms with Crippen molar-refractivity contribution in [3.8, 4) is 16.3 Å². The van der Waals surface area contributed by atoms with Gasteiger partial charge in [0.15, 0.2) is 0 Å². The van der Waals surface area contributed by atoms with Gasteiger partial charge in [-0.15, -0.1) is 11.3 Å². The molecule has 0 spiro atoms. The fourth-order valence-electron chi connectivity index (χ4n) is 1.94. The van der Waals surface area contributed by atoms with Gasteiger partial charge in [0.05, 0.1) is 16.1 Å². The molecule has 1 aromatic carbocycles. The fourth-order valence-corrected chi connectivity index (χ4v) is 2.78.